The number of hydrogen-bond donors (Lipinski definition) is 1. The van der Waals surface area contributed by atoms with E-state index in [9.17, 15) is 0 Å². The van der Waals surface area contributed by atoms with Crippen LogP contribution < -0.4 is 5.32 Å². The van der Waals surface area contributed by atoms with Crippen LogP contribution in [0.4, 0.5) is 0 Å². The fraction of sp³-hybridized carbons (Fsp3) is 0.667. The van der Waals surface area contributed by atoms with E-state index in [0.717, 1.165) is 12.5 Å². The van der Waals surface area contributed by atoms with Crippen molar-refractivity contribution in [2.24, 2.45) is 5.92 Å². The van der Waals surface area contributed by atoms with E-state index in [1.807, 2.05) is 0 Å². The molecule has 1 N–H and O–H groups in total. The number of likely N-dealkylation sites (N-methyl/N-ethyl adjacent to an activating group) is 1. The van der Waals surface area contributed by atoms with Gasteiger partial charge in [-0.25, -0.2) is 0 Å². The molecule has 2 heteroatoms. The topological polar surface area (TPSA) is 21.3 Å². The maximum Gasteiger partial charge on any atom is 0.0769 e. The zero-order valence-electron chi connectivity index (χ0n) is 12.6. The summed E-state index contributed by atoms with van der Waals surface area (Å²) < 4.78 is 6.27. The number of nitrogens with one attached hydrogen (secondary N) is 1. The largest absolute Gasteiger partial charge is 0.376 e. The van der Waals surface area contributed by atoms with Crippen molar-refractivity contribution in [2.75, 3.05) is 13.7 Å². The van der Waals surface area contributed by atoms with Crippen molar-refractivity contribution in [2.45, 2.75) is 57.1 Å². The number of fused-ring (bicyclic) bond motifs is 1. The maximum absolute atomic E-state index is 6.27. The van der Waals surface area contributed by atoms with E-state index < -0.39 is 0 Å². The van der Waals surface area contributed by atoms with E-state index in [1.54, 1.807) is 0 Å². The Morgan fingerprint density at radius 1 is 1.15 bits per heavy atom. The van der Waals surface area contributed by atoms with E-state index in [2.05, 4.69) is 36.6 Å². The number of aryl methyl sites for hydroxylation is 1. The lowest BCUT2D eigenvalue weighted by atomic mass is 9.83. The molecule has 0 saturated heterocycles. The monoisotopic (exact) mass is 273 g/mol. The molecule has 2 aliphatic carbocycles. The molecule has 1 fully saturated rings. The summed E-state index contributed by atoms with van der Waals surface area (Å²) in [6, 6.07) is 9.21. The molecular weight excluding hydrogens is 246 g/mol. The highest BCUT2D eigenvalue weighted by atomic mass is 16.5. The Morgan fingerprint density at radius 2 is 2.00 bits per heavy atom. The van der Waals surface area contributed by atoms with Gasteiger partial charge in [0.1, 0.15) is 0 Å². The van der Waals surface area contributed by atoms with E-state index >= 15 is 0 Å². The van der Waals surface area contributed by atoms with Gasteiger partial charge in [0.05, 0.1) is 12.1 Å². The van der Waals surface area contributed by atoms with Crippen molar-refractivity contribution in [3.05, 3.63) is 35.4 Å². The highest BCUT2D eigenvalue weighted by Crippen LogP contribution is 2.32. The number of ether oxygens (including phenoxy) is 1. The molecule has 3 rings (SSSR count). The molecule has 1 aromatic carbocycles. The molecule has 110 valence electrons. The van der Waals surface area contributed by atoms with Crippen LogP contribution in [0, 0.1) is 5.92 Å². The minimum absolute atomic E-state index is 0.337. The first-order valence-electron chi connectivity index (χ1n) is 8.25. The molecule has 2 atom stereocenters. The van der Waals surface area contributed by atoms with Gasteiger partial charge in [-0.1, -0.05) is 43.5 Å². The predicted molar refractivity (Wildman–Crippen MR) is 82.9 cm³/mol. The van der Waals surface area contributed by atoms with Crippen LogP contribution in [0.1, 0.15) is 55.7 Å². The van der Waals surface area contributed by atoms with Crippen LogP contribution in [0.15, 0.2) is 24.3 Å². The molecule has 0 aromatic heterocycles. The smallest absolute Gasteiger partial charge is 0.0769 e. The van der Waals surface area contributed by atoms with Crippen molar-refractivity contribution < 1.29 is 4.74 Å². The van der Waals surface area contributed by atoms with Crippen LogP contribution in [0.2, 0.25) is 0 Å². The van der Waals surface area contributed by atoms with Gasteiger partial charge in [0.15, 0.2) is 0 Å². The second kappa shape index (κ2) is 6.73. The Labute approximate surface area is 122 Å². The van der Waals surface area contributed by atoms with Crippen LogP contribution >= 0.6 is 0 Å². The van der Waals surface area contributed by atoms with E-state index in [4.69, 9.17) is 4.74 Å². The standard InChI is InChI=1S/C18H27NO/c1-19-18-16-10-3-2-8-15(16)9-5-11-17(18)20-13-12-14-6-4-7-14/h2-3,8,10,14,17-19H,4-7,9,11-13H2,1H3. The van der Waals surface area contributed by atoms with E-state index in [-0.39, 0.29) is 0 Å². The second-order valence-corrected chi connectivity index (χ2v) is 6.35. The van der Waals surface area contributed by atoms with Crippen molar-refractivity contribution in [1.29, 1.82) is 0 Å². The second-order valence-electron chi connectivity index (χ2n) is 6.35. The van der Waals surface area contributed by atoms with Crippen molar-refractivity contribution in [3.8, 4) is 0 Å². The van der Waals surface area contributed by atoms with Gasteiger partial charge in [-0.15, -0.1) is 0 Å². The lowest BCUT2D eigenvalue weighted by molar-refractivity contribution is 0.0110. The summed E-state index contributed by atoms with van der Waals surface area (Å²) in [5, 5.41) is 3.49. The molecule has 20 heavy (non-hydrogen) atoms. The van der Waals surface area contributed by atoms with Gasteiger partial charge in [0, 0.05) is 6.61 Å². The molecule has 2 nitrogen and oxygen atoms in total. The zero-order chi connectivity index (χ0) is 13.8. The Hall–Kier alpha value is -0.860. The Bertz CT molecular complexity index is 427. The van der Waals surface area contributed by atoms with Crippen molar-refractivity contribution in [1.82, 2.24) is 5.32 Å². The van der Waals surface area contributed by atoms with Crippen molar-refractivity contribution in [3.63, 3.8) is 0 Å². The maximum atomic E-state index is 6.27. The third kappa shape index (κ3) is 3.07. The van der Waals surface area contributed by atoms with Crippen LogP contribution in [0.25, 0.3) is 0 Å². The van der Waals surface area contributed by atoms with Crippen LogP contribution in [0.3, 0.4) is 0 Å². The number of rotatable bonds is 5. The summed E-state index contributed by atoms with van der Waals surface area (Å²) in [5.74, 6) is 0.945. The predicted octanol–water partition coefficient (Wildman–Crippen LogP) is 3.86. The average Bonchev–Trinajstić information content (AvgIpc) is 2.60. The molecular formula is C18H27NO. The van der Waals surface area contributed by atoms with Gasteiger partial charge < -0.3 is 10.1 Å². The van der Waals surface area contributed by atoms with Crippen LogP contribution in [-0.2, 0) is 11.2 Å². The molecule has 1 aromatic rings. The summed E-state index contributed by atoms with van der Waals surface area (Å²) in [4.78, 5) is 0. The van der Waals surface area contributed by atoms with Gasteiger partial charge >= 0.3 is 0 Å². The quantitative estimate of drug-likeness (QED) is 0.823. The lowest BCUT2D eigenvalue weighted by Crippen LogP contribution is -2.32. The van der Waals surface area contributed by atoms with Gasteiger partial charge in [0.2, 0.25) is 0 Å². The summed E-state index contributed by atoms with van der Waals surface area (Å²) >= 11 is 0. The molecule has 0 bridgehead atoms. The molecule has 0 aliphatic heterocycles. The summed E-state index contributed by atoms with van der Waals surface area (Å²) in [7, 11) is 2.06. The molecule has 2 unspecified atom stereocenters. The Kier molecular flexibility index (Phi) is 4.74. The molecule has 0 radical (unpaired) electrons. The minimum atomic E-state index is 0.337. The number of benzene rings is 1. The Morgan fingerprint density at radius 3 is 2.75 bits per heavy atom. The first-order valence-corrected chi connectivity index (χ1v) is 8.25. The highest BCUT2D eigenvalue weighted by molar-refractivity contribution is 5.32. The van der Waals surface area contributed by atoms with Gasteiger partial charge in [-0.3, -0.25) is 0 Å². The highest BCUT2D eigenvalue weighted by Gasteiger charge is 2.27. The first kappa shape index (κ1) is 14.1. The molecule has 0 spiro atoms. The van der Waals surface area contributed by atoms with Gasteiger partial charge in [-0.2, -0.15) is 0 Å². The molecule has 0 amide bonds. The van der Waals surface area contributed by atoms with Gasteiger partial charge in [-0.05, 0) is 49.8 Å². The SMILES string of the molecule is CNC1c2ccccc2CCCC1OCCC1CCC1. The summed E-state index contributed by atoms with van der Waals surface area (Å²) in [6.45, 7) is 0.940. The van der Waals surface area contributed by atoms with E-state index in [0.29, 0.717) is 12.1 Å². The number of hydrogen-bond acceptors (Lipinski definition) is 2. The molecule has 1 saturated carbocycles. The zero-order valence-corrected chi connectivity index (χ0v) is 12.6. The van der Waals surface area contributed by atoms with Crippen LogP contribution in [0.5, 0.6) is 0 Å². The average molecular weight is 273 g/mol. The third-order valence-corrected chi connectivity index (χ3v) is 5.09. The van der Waals surface area contributed by atoms with E-state index in [1.165, 1.54) is 56.1 Å². The summed E-state index contributed by atoms with van der Waals surface area (Å²) in [5.41, 5.74) is 2.94. The fourth-order valence-corrected chi connectivity index (χ4v) is 3.61. The minimum Gasteiger partial charge on any atom is -0.376 e. The summed E-state index contributed by atoms with van der Waals surface area (Å²) in [6.07, 6.45) is 9.47. The fourth-order valence-electron chi connectivity index (χ4n) is 3.61. The normalized spacial score (nSPS) is 26.6. The first-order chi connectivity index (χ1) is 9.88. The lowest BCUT2D eigenvalue weighted by Gasteiger charge is -2.29. The van der Waals surface area contributed by atoms with Crippen molar-refractivity contribution >= 4 is 0 Å². The third-order valence-electron chi connectivity index (χ3n) is 5.09. The molecule has 0 heterocycles. The van der Waals surface area contributed by atoms with Crippen LogP contribution in [-0.4, -0.2) is 19.8 Å². The molecule has 2 aliphatic rings. The van der Waals surface area contributed by atoms with Gasteiger partial charge in [0.25, 0.3) is 0 Å². The Balaban J connectivity index is 1.63.